The van der Waals surface area contributed by atoms with Crippen molar-refractivity contribution >= 4 is 16.7 Å². The smallest absolute Gasteiger partial charge is 0.330 e. The topological polar surface area (TPSA) is 48.0 Å². The minimum absolute atomic E-state index is 0.0328. The summed E-state index contributed by atoms with van der Waals surface area (Å²) in [7, 11) is 0. The summed E-state index contributed by atoms with van der Waals surface area (Å²) < 4.78 is 26.9. The highest BCUT2D eigenvalue weighted by Crippen LogP contribution is 2.34. The summed E-state index contributed by atoms with van der Waals surface area (Å²) in [6.07, 6.45) is 0.373. The van der Waals surface area contributed by atoms with Crippen molar-refractivity contribution in [2.75, 3.05) is 13.1 Å². The summed E-state index contributed by atoms with van der Waals surface area (Å²) in [5.74, 6) is 0.207. The van der Waals surface area contributed by atoms with E-state index in [0.717, 1.165) is 33.2 Å². The average Bonchev–Trinajstić information content (AvgIpc) is 2.95. The number of piperidine rings is 1. The highest BCUT2D eigenvalue weighted by Gasteiger charge is 2.35. The summed E-state index contributed by atoms with van der Waals surface area (Å²) in [4.78, 5) is 18.3. The molecule has 5 nitrogen and oxygen atoms in total. The molecule has 0 aliphatic carbocycles. The average molecular weight is 542 g/mol. The van der Waals surface area contributed by atoms with Gasteiger partial charge in [-0.25, -0.2) is 9.18 Å². The van der Waals surface area contributed by atoms with E-state index in [0.29, 0.717) is 32.7 Å². The van der Waals surface area contributed by atoms with Gasteiger partial charge in [-0.15, -0.1) is 5.06 Å². The predicted molar refractivity (Wildman–Crippen MR) is 154 cm³/mol. The SMILES string of the molecule is CC(C)(C)C(=O)ON1CCC(c2cccc(F)c2)C(OCc2cc(OCc3ccccc3)c3ccccc3c2)C1. The number of nitrogens with zero attached hydrogens (tertiary/aromatic N) is 1. The summed E-state index contributed by atoms with van der Waals surface area (Å²) >= 11 is 0. The van der Waals surface area contributed by atoms with E-state index in [1.165, 1.54) is 6.07 Å². The first-order valence-electron chi connectivity index (χ1n) is 13.8. The minimum Gasteiger partial charge on any atom is -0.488 e. The molecule has 2 unspecified atom stereocenters. The molecule has 0 saturated carbocycles. The van der Waals surface area contributed by atoms with Gasteiger partial charge in [-0.05, 0) is 73.5 Å². The van der Waals surface area contributed by atoms with Gasteiger partial charge in [-0.1, -0.05) is 66.7 Å². The van der Waals surface area contributed by atoms with E-state index in [1.807, 2.05) is 75.4 Å². The van der Waals surface area contributed by atoms with Gasteiger partial charge in [-0.2, -0.15) is 0 Å². The lowest BCUT2D eigenvalue weighted by atomic mass is 9.87. The van der Waals surface area contributed by atoms with Crippen molar-refractivity contribution in [3.05, 3.63) is 114 Å². The van der Waals surface area contributed by atoms with Crippen LogP contribution in [0, 0.1) is 11.2 Å². The molecule has 1 fully saturated rings. The second-order valence-corrected chi connectivity index (χ2v) is 11.4. The first-order valence-corrected chi connectivity index (χ1v) is 13.8. The lowest BCUT2D eigenvalue weighted by molar-refractivity contribution is -0.216. The molecule has 0 aromatic heterocycles. The van der Waals surface area contributed by atoms with E-state index in [9.17, 15) is 9.18 Å². The fraction of sp³-hybridized carbons (Fsp3) is 0.324. The third kappa shape index (κ3) is 6.87. The summed E-state index contributed by atoms with van der Waals surface area (Å²) in [6.45, 7) is 7.25. The molecule has 0 radical (unpaired) electrons. The van der Waals surface area contributed by atoms with Crippen LogP contribution in [0.5, 0.6) is 5.75 Å². The zero-order valence-corrected chi connectivity index (χ0v) is 23.3. The summed E-state index contributed by atoms with van der Waals surface area (Å²) in [5.41, 5.74) is 2.34. The number of halogens is 1. The number of hydrogen-bond donors (Lipinski definition) is 0. The number of fused-ring (bicyclic) bond motifs is 1. The Labute approximate surface area is 235 Å². The predicted octanol–water partition coefficient (Wildman–Crippen LogP) is 7.44. The number of hydrogen-bond acceptors (Lipinski definition) is 5. The Kier molecular flexibility index (Phi) is 8.48. The van der Waals surface area contributed by atoms with Gasteiger partial charge < -0.3 is 14.3 Å². The molecule has 4 aromatic rings. The van der Waals surface area contributed by atoms with Crippen LogP contribution in [0.15, 0.2) is 91.0 Å². The van der Waals surface area contributed by atoms with E-state index in [1.54, 1.807) is 17.2 Å². The van der Waals surface area contributed by atoms with Crippen molar-refractivity contribution in [3.8, 4) is 5.75 Å². The molecule has 0 bridgehead atoms. The largest absolute Gasteiger partial charge is 0.488 e. The van der Waals surface area contributed by atoms with Crippen LogP contribution in [0.1, 0.15) is 49.8 Å². The van der Waals surface area contributed by atoms with Gasteiger partial charge in [0, 0.05) is 17.8 Å². The number of carbonyl (C=O) groups is 1. The Bertz CT molecular complexity index is 1450. The standard InChI is InChI=1S/C34H36FNO4/c1-34(2,3)33(37)40-36-17-16-30(27-13-9-14-28(35)20-27)32(21-36)39-23-25-18-26-12-7-8-15-29(26)31(19-25)38-22-24-10-5-4-6-11-24/h4-15,18-20,30,32H,16-17,21-23H2,1-3H3. The van der Waals surface area contributed by atoms with Gasteiger partial charge in [0.2, 0.25) is 0 Å². The highest BCUT2D eigenvalue weighted by atomic mass is 19.1. The van der Waals surface area contributed by atoms with Crippen LogP contribution in [0.3, 0.4) is 0 Å². The van der Waals surface area contributed by atoms with E-state index < -0.39 is 5.41 Å². The van der Waals surface area contributed by atoms with Gasteiger partial charge in [0.15, 0.2) is 0 Å². The Hall–Kier alpha value is -3.74. The second-order valence-electron chi connectivity index (χ2n) is 11.4. The maximum Gasteiger partial charge on any atom is 0.330 e. The van der Waals surface area contributed by atoms with Crippen LogP contribution >= 0.6 is 0 Å². The number of benzene rings is 4. The Morgan fingerprint density at radius 1 is 0.900 bits per heavy atom. The van der Waals surface area contributed by atoms with Crippen molar-refractivity contribution in [1.29, 1.82) is 0 Å². The molecule has 1 aliphatic heterocycles. The molecule has 1 heterocycles. The quantitative estimate of drug-likeness (QED) is 0.232. The van der Waals surface area contributed by atoms with Crippen molar-refractivity contribution in [3.63, 3.8) is 0 Å². The van der Waals surface area contributed by atoms with Gasteiger partial charge in [0.25, 0.3) is 0 Å². The second kappa shape index (κ2) is 12.2. The van der Waals surface area contributed by atoms with Gasteiger partial charge in [-0.3, -0.25) is 0 Å². The van der Waals surface area contributed by atoms with Gasteiger partial charge in [0.1, 0.15) is 18.2 Å². The normalized spacial score (nSPS) is 18.0. The number of rotatable bonds is 8. The monoisotopic (exact) mass is 541 g/mol. The lowest BCUT2D eigenvalue weighted by Crippen LogP contribution is -2.46. The lowest BCUT2D eigenvalue weighted by Gasteiger charge is -2.38. The zero-order chi connectivity index (χ0) is 28.1. The van der Waals surface area contributed by atoms with Crippen LogP contribution in [0.2, 0.25) is 0 Å². The molecule has 208 valence electrons. The van der Waals surface area contributed by atoms with Crippen molar-refractivity contribution in [2.24, 2.45) is 5.41 Å². The maximum absolute atomic E-state index is 14.1. The number of ether oxygens (including phenoxy) is 2. The zero-order valence-electron chi connectivity index (χ0n) is 23.3. The molecule has 1 saturated heterocycles. The van der Waals surface area contributed by atoms with Crippen LogP contribution < -0.4 is 4.74 Å². The maximum atomic E-state index is 14.1. The minimum atomic E-state index is -0.614. The molecule has 0 amide bonds. The third-order valence-corrected chi connectivity index (χ3v) is 7.21. The van der Waals surface area contributed by atoms with Crippen molar-refractivity contribution in [2.45, 2.75) is 52.4 Å². The molecule has 2 atom stereocenters. The molecule has 6 heteroatoms. The van der Waals surface area contributed by atoms with E-state index >= 15 is 0 Å². The van der Waals surface area contributed by atoms with E-state index in [-0.39, 0.29) is 23.8 Å². The van der Waals surface area contributed by atoms with Crippen LogP contribution in [-0.2, 0) is 27.6 Å². The Morgan fingerprint density at radius 2 is 1.68 bits per heavy atom. The first-order chi connectivity index (χ1) is 19.3. The molecule has 4 aromatic carbocycles. The Balaban J connectivity index is 1.36. The highest BCUT2D eigenvalue weighted by molar-refractivity contribution is 5.89. The molecule has 0 N–H and O–H groups in total. The molecule has 1 aliphatic rings. The molecule has 5 rings (SSSR count). The van der Waals surface area contributed by atoms with Gasteiger partial charge in [0.05, 0.1) is 24.7 Å². The first kappa shape index (κ1) is 27.8. The molecule has 40 heavy (non-hydrogen) atoms. The van der Waals surface area contributed by atoms with Crippen LogP contribution in [0.25, 0.3) is 10.8 Å². The van der Waals surface area contributed by atoms with Crippen LogP contribution in [0.4, 0.5) is 4.39 Å². The third-order valence-electron chi connectivity index (χ3n) is 7.21. The number of carbonyl (C=O) groups excluding carboxylic acids is 1. The van der Waals surface area contributed by atoms with E-state index in [2.05, 4.69) is 18.2 Å². The van der Waals surface area contributed by atoms with Gasteiger partial charge >= 0.3 is 5.97 Å². The number of hydroxylamine groups is 2. The molecular formula is C34H36FNO4. The van der Waals surface area contributed by atoms with E-state index in [4.69, 9.17) is 14.3 Å². The van der Waals surface area contributed by atoms with Crippen molar-refractivity contribution in [1.82, 2.24) is 5.06 Å². The molecule has 0 spiro atoms. The summed E-state index contributed by atoms with van der Waals surface area (Å²) in [6, 6.07) is 29.1. The summed E-state index contributed by atoms with van der Waals surface area (Å²) in [5, 5.41) is 3.79. The van der Waals surface area contributed by atoms with Crippen LogP contribution in [-0.4, -0.2) is 30.2 Å². The Morgan fingerprint density at radius 3 is 2.45 bits per heavy atom. The fourth-order valence-corrected chi connectivity index (χ4v) is 4.99. The molecular weight excluding hydrogens is 505 g/mol. The van der Waals surface area contributed by atoms with Crippen molar-refractivity contribution < 1.29 is 23.5 Å². The fourth-order valence-electron chi connectivity index (χ4n) is 4.99.